The Balaban J connectivity index is 3.35. The number of carbonyl (C=O) groups is 2. The summed E-state index contributed by atoms with van der Waals surface area (Å²) < 4.78 is 0. The van der Waals surface area contributed by atoms with E-state index in [1.54, 1.807) is 26.0 Å². The number of hydrogen-bond acceptors (Lipinski definition) is 2. The third kappa shape index (κ3) is 2.52. The first kappa shape index (κ1) is 13.4. The van der Waals surface area contributed by atoms with Crippen molar-refractivity contribution in [2.45, 2.75) is 34.1 Å². The second kappa shape index (κ2) is 5.09. The van der Waals surface area contributed by atoms with Crippen LogP contribution in [0.15, 0.2) is 46.6 Å². The minimum absolute atomic E-state index is 0.0334. The summed E-state index contributed by atoms with van der Waals surface area (Å²) >= 11 is 0. The molecule has 0 aromatic heterocycles. The maximum absolute atomic E-state index is 12.3. The van der Waals surface area contributed by atoms with E-state index < -0.39 is 0 Å². The quantitative estimate of drug-likeness (QED) is 0.550. The van der Waals surface area contributed by atoms with Gasteiger partial charge in [0.15, 0.2) is 11.6 Å². The Morgan fingerprint density at radius 3 is 2.18 bits per heavy atom. The van der Waals surface area contributed by atoms with Gasteiger partial charge in [-0.25, -0.2) is 0 Å². The smallest absolute Gasteiger partial charge is 0.190 e. The second-order valence-electron chi connectivity index (χ2n) is 4.51. The third-order valence-electron chi connectivity index (χ3n) is 2.84. The first-order valence-corrected chi connectivity index (χ1v) is 5.66. The molecule has 0 aromatic carbocycles. The van der Waals surface area contributed by atoms with Crippen LogP contribution < -0.4 is 0 Å². The largest absolute Gasteiger partial charge is 0.289 e. The zero-order chi connectivity index (χ0) is 13.2. The van der Waals surface area contributed by atoms with Gasteiger partial charge in [0, 0.05) is 22.3 Å². The summed E-state index contributed by atoms with van der Waals surface area (Å²) in [6.45, 7) is 10.9. The summed E-state index contributed by atoms with van der Waals surface area (Å²) in [6.07, 6.45) is 3.89. The van der Waals surface area contributed by atoms with Crippen molar-refractivity contribution in [2.75, 3.05) is 0 Å². The molecule has 17 heavy (non-hydrogen) atoms. The van der Waals surface area contributed by atoms with Crippen LogP contribution in [0.1, 0.15) is 34.1 Å². The third-order valence-corrected chi connectivity index (χ3v) is 2.84. The van der Waals surface area contributed by atoms with E-state index in [9.17, 15) is 9.59 Å². The van der Waals surface area contributed by atoms with E-state index in [1.807, 2.05) is 13.8 Å². The van der Waals surface area contributed by atoms with Crippen LogP contribution in [0.4, 0.5) is 0 Å². The van der Waals surface area contributed by atoms with Gasteiger partial charge in [0.25, 0.3) is 0 Å². The van der Waals surface area contributed by atoms with Crippen LogP contribution in [0, 0.1) is 0 Å². The lowest BCUT2D eigenvalue weighted by molar-refractivity contribution is -0.116. The standard InChI is InChI=1S/C15H18O2/c1-6-7-12-10(4)14(16)11(5)13(15(12)17)8-9(2)3/h6,8H,1,7H2,2-5H3. The minimum Gasteiger partial charge on any atom is -0.289 e. The maximum Gasteiger partial charge on any atom is 0.190 e. The monoisotopic (exact) mass is 230 g/mol. The molecule has 0 saturated heterocycles. The van der Waals surface area contributed by atoms with E-state index >= 15 is 0 Å². The van der Waals surface area contributed by atoms with Gasteiger partial charge in [0.1, 0.15) is 0 Å². The summed E-state index contributed by atoms with van der Waals surface area (Å²) in [6, 6.07) is 0. The van der Waals surface area contributed by atoms with Gasteiger partial charge in [-0.1, -0.05) is 17.7 Å². The highest BCUT2D eigenvalue weighted by molar-refractivity contribution is 6.26. The maximum atomic E-state index is 12.3. The Morgan fingerprint density at radius 2 is 1.71 bits per heavy atom. The number of allylic oxidation sites excluding steroid dienone is 7. The number of Topliss-reactive ketones (excluding diaryl/α,β-unsaturated/α-hetero) is 2. The van der Waals surface area contributed by atoms with E-state index in [4.69, 9.17) is 0 Å². The molecule has 1 aliphatic rings. The zero-order valence-corrected chi connectivity index (χ0v) is 10.9. The fraction of sp³-hybridized carbons (Fsp3) is 0.333. The molecule has 0 heterocycles. The fourth-order valence-corrected chi connectivity index (χ4v) is 1.90. The highest BCUT2D eigenvalue weighted by atomic mass is 16.1. The van der Waals surface area contributed by atoms with E-state index in [1.165, 1.54) is 0 Å². The molecule has 0 saturated carbocycles. The van der Waals surface area contributed by atoms with Crippen molar-refractivity contribution in [2.24, 2.45) is 0 Å². The number of ketones is 2. The SMILES string of the molecule is C=CCC1=C(C)C(=O)C(C)=C(C=C(C)C)C1=O. The van der Waals surface area contributed by atoms with Gasteiger partial charge in [0.2, 0.25) is 0 Å². The molecule has 2 heteroatoms. The van der Waals surface area contributed by atoms with Gasteiger partial charge >= 0.3 is 0 Å². The average molecular weight is 230 g/mol. The fourth-order valence-electron chi connectivity index (χ4n) is 1.90. The van der Waals surface area contributed by atoms with E-state index in [0.29, 0.717) is 28.7 Å². The first-order chi connectivity index (χ1) is 7.90. The van der Waals surface area contributed by atoms with Crippen molar-refractivity contribution in [3.05, 3.63) is 46.6 Å². The summed E-state index contributed by atoms with van der Waals surface area (Å²) in [4.78, 5) is 24.3. The number of carbonyl (C=O) groups excluding carboxylic acids is 2. The lowest BCUT2D eigenvalue weighted by atomic mass is 9.83. The number of hydrogen-bond donors (Lipinski definition) is 0. The van der Waals surface area contributed by atoms with Crippen molar-refractivity contribution in [3.8, 4) is 0 Å². The molecule has 2 nitrogen and oxygen atoms in total. The lowest BCUT2D eigenvalue weighted by Gasteiger charge is -2.18. The van der Waals surface area contributed by atoms with Crippen LogP contribution in [-0.2, 0) is 9.59 Å². The van der Waals surface area contributed by atoms with Gasteiger partial charge in [-0.2, -0.15) is 0 Å². The minimum atomic E-state index is -0.0410. The highest BCUT2D eigenvalue weighted by Crippen LogP contribution is 2.27. The molecule has 0 bridgehead atoms. The molecular weight excluding hydrogens is 212 g/mol. The Hall–Kier alpha value is -1.70. The van der Waals surface area contributed by atoms with Crippen molar-refractivity contribution in [1.29, 1.82) is 0 Å². The summed E-state index contributed by atoms with van der Waals surface area (Å²) in [5, 5.41) is 0. The summed E-state index contributed by atoms with van der Waals surface area (Å²) in [5.74, 6) is -0.0744. The Kier molecular flexibility index (Phi) is 4.00. The van der Waals surface area contributed by atoms with Gasteiger partial charge in [0.05, 0.1) is 0 Å². The van der Waals surface area contributed by atoms with Crippen LogP contribution in [0.5, 0.6) is 0 Å². The molecule has 0 aliphatic heterocycles. The van der Waals surface area contributed by atoms with E-state index in [2.05, 4.69) is 6.58 Å². The van der Waals surface area contributed by atoms with Gasteiger partial charge < -0.3 is 0 Å². The Bertz CT molecular complexity index is 481. The molecule has 0 radical (unpaired) electrons. The molecular formula is C15H18O2. The molecule has 90 valence electrons. The molecule has 0 amide bonds. The van der Waals surface area contributed by atoms with Crippen LogP contribution in [-0.4, -0.2) is 11.6 Å². The molecule has 0 unspecified atom stereocenters. The van der Waals surface area contributed by atoms with Gasteiger partial charge in [-0.3, -0.25) is 9.59 Å². The molecule has 0 aromatic rings. The topological polar surface area (TPSA) is 34.1 Å². The normalized spacial score (nSPS) is 16.5. The van der Waals surface area contributed by atoms with Crippen molar-refractivity contribution in [3.63, 3.8) is 0 Å². The van der Waals surface area contributed by atoms with Crippen LogP contribution in [0.3, 0.4) is 0 Å². The first-order valence-electron chi connectivity index (χ1n) is 5.66. The molecule has 1 rings (SSSR count). The Labute approximate surface area is 102 Å². The van der Waals surface area contributed by atoms with Crippen molar-refractivity contribution >= 4 is 11.6 Å². The summed E-state index contributed by atoms with van der Waals surface area (Å²) in [7, 11) is 0. The van der Waals surface area contributed by atoms with Crippen LogP contribution >= 0.6 is 0 Å². The van der Waals surface area contributed by atoms with E-state index in [0.717, 1.165) is 5.57 Å². The predicted molar refractivity (Wildman–Crippen MR) is 69.7 cm³/mol. The lowest BCUT2D eigenvalue weighted by Crippen LogP contribution is -2.21. The van der Waals surface area contributed by atoms with Crippen LogP contribution in [0.2, 0.25) is 0 Å². The van der Waals surface area contributed by atoms with Crippen molar-refractivity contribution in [1.82, 2.24) is 0 Å². The number of rotatable bonds is 3. The molecule has 0 spiro atoms. The van der Waals surface area contributed by atoms with E-state index in [-0.39, 0.29) is 11.6 Å². The van der Waals surface area contributed by atoms with Crippen LogP contribution in [0.25, 0.3) is 0 Å². The molecule has 0 N–H and O–H groups in total. The molecule has 1 aliphatic carbocycles. The predicted octanol–water partition coefficient (Wildman–Crippen LogP) is 3.31. The molecule has 0 fully saturated rings. The van der Waals surface area contributed by atoms with Crippen molar-refractivity contribution < 1.29 is 9.59 Å². The average Bonchev–Trinajstić information content (AvgIpc) is 2.27. The summed E-state index contributed by atoms with van der Waals surface area (Å²) in [5.41, 5.74) is 3.21. The zero-order valence-electron chi connectivity index (χ0n) is 10.9. The molecule has 0 atom stereocenters. The van der Waals surface area contributed by atoms with Gasteiger partial charge in [-0.05, 0) is 34.1 Å². The van der Waals surface area contributed by atoms with Gasteiger partial charge in [-0.15, -0.1) is 6.58 Å². The Morgan fingerprint density at radius 1 is 1.12 bits per heavy atom. The second-order valence-corrected chi connectivity index (χ2v) is 4.51. The highest BCUT2D eigenvalue weighted by Gasteiger charge is 2.27.